The number of halogens is 1. The van der Waals surface area contributed by atoms with Gasteiger partial charge in [-0.15, -0.1) is 12.4 Å². The number of para-hydroxylation sites is 1. The molecule has 2 rings (SSSR count). The number of hydrogen-bond acceptors (Lipinski definition) is 1. The average molecular weight is 226 g/mol. The van der Waals surface area contributed by atoms with Crippen LogP contribution in [0.1, 0.15) is 32.6 Å². The minimum atomic E-state index is 0. The van der Waals surface area contributed by atoms with Crippen LogP contribution in [-0.2, 0) is 0 Å². The van der Waals surface area contributed by atoms with Crippen molar-refractivity contribution < 1.29 is 0 Å². The molecule has 1 atom stereocenters. The summed E-state index contributed by atoms with van der Waals surface area (Å²) in [6.07, 6.45) is 5.40. The van der Waals surface area contributed by atoms with Crippen molar-refractivity contribution in [3.8, 4) is 0 Å². The fourth-order valence-corrected chi connectivity index (χ4v) is 2.38. The average Bonchev–Trinajstić information content (AvgIpc) is 2.30. The van der Waals surface area contributed by atoms with Crippen LogP contribution in [0.2, 0.25) is 0 Å². The van der Waals surface area contributed by atoms with Crippen molar-refractivity contribution in [2.75, 3.05) is 11.4 Å². The second-order valence-corrected chi connectivity index (χ2v) is 4.09. The Balaban J connectivity index is 0.00000112. The number of rotatable bonds is 2. The zero-order valence-electron chi connectivity index (χ0n) is 9.36. The van der Waals surface area contributed by atoms with Gasteiger partial charge in [0, 0.05) is 18.3 Å². The van der Waals surface area contributed by atoms with Crippen LogP contribution in [0.15, 0.2) is 30.3 Å². The lowest BCUT2D eigenvalue weighted by Gasteiger charge is -2.37. The lowest BCUT2D eigenvalue weighted by atomic mass is 9.99. The molecule has 0 saturated carbocycles. The summed E-state index contributed by atoms with van der Waals surface area (Å²) in [4.78, 5) is 2.57. The lowest BCUT2D eigenvalue weighted by Crippen LogP contribution is -2.39. The Kier molecular flexibility index (Phi) is 4.97. The summed E-state index contributed by atoms with van der Waals surface area (Å²) >= 11 is 0. The first-order valence-corrected chi connectivity index (χ1v) is 5.73. The van der Waals surface area contributed by atoms with E-state index in [1.807, 2.05) is 0 Å². The normalized spacial score (nSPS) is 20.9. The van der Waals surface area contributed by atoms with E-state index in [0.29, 0.717) is 0 Å². The van der Waals surface area contributed by atoms with Crippen LogP contribution >= 0.6 is 12.4 Å². The molecule has 1 aliphatic heterocycles. The summed E-state index contributed by atoms with van der Waals surface area (Å²) < 4.78 is 0. The predicted molar refractivity (Wildman–Crippen MR) is 69.0 cm³/mol. The van der Waals surface area contributed by atoms with Gasteiger partial charge in [-0.05, 0) is 37.8 Å². The number of nitrogens with zero attached hydrogens (tertiary/aromatic N) is 1. The first-order valence-electron chi connectivity index (χ1n) is 5.73. The van der Waals surface area contributed by atoms with E-state index in [-0.39, 0.29) is 12.4 Å². The highest BCUT2D eigenvalue weighted by molar-refractivity contribution is 5.85. The highest BCUT2D eigenvalue weighted by Gasteiger charge is 2.20. The number of hydrogen-bond donors (Lipinski definition) is 0. The molecule has 1 heterocycles. The highest BCUT2D eigenvalue weighted by atomic mass is 35.5. The standard InChI is InChI=1S/C13H19N.ClH/c1-2-12-8-6-7-11-14(12)13-9-4-3-5-10-13;/h3-5,9-10,12H,2,6-8,11H2,1H3;1H. The van der Waals surface area contributed by atoms with Gasteiger partial charge in [0.15, 0.2) is 0 Å². The zero-order chi connectivity index (χ0) is 9.80. The molecule has 1 aromatic carbocycles. The molecule has 1 saturated heterocycles. The monoisotopic (exact) mass is 225 g/mol. The van der Waals surface area contributed by atoms with Gasteiger partial charge in [0.2, 0.25) is 0 Å². The van der Waals surface area contributed by atoms with Crippen molar-refractivity contribution in [3.05, 3.63) is 30.3 Å². The number of anilines is 1. The van der Waals surface area contributed by atoms with Crippen LogP contribution in [0.5, 0.6) is 0 Å². The second-order valence-electron chi connectivity index (χ2n) is 4.09. The van der Waals surface area contributed by atoms with Gasteiger partial charge >= 0.3 is 0 Å². The van der Waals surface area contributed by atoms with Gasteiger partial charge in [-0.3, -0.25) is 0 Å². The van der Waals surface area contributed by atoms with Crippen LogP contribution in [0.4, 0.5) is 5.69 Å². The van der Waals surface area contributed by atoms with Crippen LogP contribution in [0.25, 0.3) is 0 Å². The van der Waals surface area contributed by atoms with Crippen molar-refractivity contribution in [2.45, 2.75) is 38.6 Å². The van der Waals surface area contributed by atoms with Crippen LogP contribution < -0.4 is 4.90 Å². The third-order valence-electron chi connectivity index (χ3n) is 3.19. The van der Waals surface area contributed by atoms with E-state index in [0.717, 1.165) is 6.04 Å². The minimum Gasteiger partial charge on any atom is -0.369 e. The molecule has 1 aliphatic rings. The van der Waals surface area contributed by atoms with E-state index >= 15 is 0 Å². The molecule has 0 aliphatic carbocycles. The summed E-state index contributed by atoms with van der Waals surface area (Å²) in [5.41, 5.74) is 1.40. The fraction of sp³-hybridized carbons (Fsp3) is 0.538. The molecule has 1 unspecified atom stereocenters. The van der Waals surface area contributed by atoms with Gasteiger partial charge in [-0.25, -0.2) is 0 Å². The van der Waals surface area contributed by atoms with Crippen molar-refractivity contribution in [1.82, 2.24) is 0 Å². The smallest absolute Gasteiger partial charge is 0.0368 e. The molecule has 0 bridgehead atoms. The van der Waals surface area contributed by atoms with E-state index in [1.165, 1.54) is 37.9 Å². The molecule has 2 heteroatoms. The van der Waals surface area contributed by atoms with Gasteiger partial charge in [-0.1, -0.05) is 25.1 Å². The Morgan fingerprint density at radius 3 is 2.60 bits per heavy atom. The van der Waals surface area contributed by atoms with Crippen molar-refractivity contribution in [2.24, 2.45) is 0 Å². The van der Waals surface area contributed by atoms with E-state index < -0.39 is 0 Å². The van der Waals surface area contributed by atoms with E-state index in [9.17, 15) is 0 Å². The predicted octanol–water partition coefficient (Wildman–Crippen LogP) is 3.88. The molecular formula is C13H20ClN. The summed E-state index contributed by atoms with van der Waals surface area (Å²) in [6, 6.07) is 11.6. The van der Waals surface area contributed by atoms with E-state index in [4.69, 9.17) is 0 Å². The van der Waals surface area contributed by atoms with Crippen LogP contribution in [0.3, 0.4) is 0 Å². The molecule has 84 valence electrons. The Bertz CT molecular complexity index is 273. The first kappa shape index (κ1) is 12.4. The summed E-state index contributed by atoms with van der Waals surface area (Å²) in [7, 11) is 0. The van der Waals surface area contributed by atoms with Crippen LogP contribution in [0, 0.1) is 0 Å². The Hall–Kier alpha value is -0.690. The maximum absolute atomic E-state index is 2.57. The topological polar surface area (TPSA) is 3.24 Å². The molecule has 1 nitrogen and oxygen atoms in total. The van der Waals surface area contributed by atoms with Gasteiger partial charge < -0.3 is 4.90 Å². The Morgan fingerprint density at radius 2 is 1.93 bits per heavy atom. The highest BCUT2D eigenvalue weighted by Crippen LogP contribution is 2.25. The molecule has 0 spiro atoms. The molecule has 15 heavy (non-hydrogen) atoms. The lowest BCUT2D eigenvalue weighted by molar-refractivity contribution is 0.450. The summed E-state index contributed by atoms with van der Waals surface area (Å²) in [5.74, 6) is 0. The molecule has 0 amide bonds. The molecule has 0 N–H and O–H groups in total. The SMILES string of the molecule is CCC1CCCCN1c1ccccc1.Cl. The zero-order valence-corrected chi connectivity index (χ0v) is 10.2. The first-order chi connectivity index (χ1) is 6.92. The molecule has 0 aromatic heterocycles. The van der Waals surface area contributed by atoms with Gasteiger partial charge in [0.05, 0.1) is 0 Å². The van der Waals surface area contributed by atoms with Gasteiger partial charge in [-0.2, -0.15) is 0 Å². The third kappa shape index (κ3) is 2.88. The number of piperidine rings is 1. The van der Waals surface area contributed by atoms with Crippen molar-refractivity contribution >= 4 is 18.1 Å². The van der Waals surface area contributed by atoms with Gasteiger partial charge in [0.25, 0.3) is 0 Å². The van der Waals surface area contributed by atoms with E-state index in [2.05, 4.69) is 42.2 Å². The van der Waals surface area contributed by atoms with Crippen molar-refractivity contribution in [3.63, 3.8) is 0 Å². The summed E-state index contributed by atoms with van der Waals surface area (Å²) in [5, 5.41) is 0. The number of benzene rings is 1. The quantitative estimate of drug-likeness (QED) is 0.739. The Labute approximate surface area is 98.9 Å². The third-order valence-corrected chi connectivity index (χ3v) is 3.19. The molecular weight excluding hydrogens is 206 g/mol. The minimum absolute atomic E-state index is 0. The molecule has 1 aromatic rings. The van der Waals surface area contributed by atoms with Crippen LogP contribution in [-0.4, -0.2) is 12.6 Å². The molecule has 0 radical (unpaired) electrons. The largest absolute Gasteiger partial charge is 0.369 e. The van der Waals surface area contributed by atoms with Gasteiger partial charge in [0.1, 0.15) is 0 Å². The van der Waals surface area contributed by atoms with E-state index in [1.54, 1.807) is 0 Å². The fourth-order valence-electron chi connectivity index (χ4n) is 2.38. The maximum Gasteiger partial charge on any atom is 0.0368 e. The second kappa shape index (κ2) is 6.02. The Morgan fingerprint density at radius 1 is 1.20 bits per heavy atom. The summed E-state index contributed by atoms with van der Waals surface area (Å²) in [6.45, 7) is 3.54. The maximum atomic E-state index is 2.57. The molecule has 1 fully saturated rings. The van der Waals surface area contributed by atoms with Crippen molar-refractivity contribution in [1.29, 1.82) is 0 Å².